The number of hydrogen-bond acceptors (Lipinski definition) is 3. The molecule has 0 N–H and O–H groups in total. The molecule has 0 aliphatic heterocycles. The number of rotatable bonds is 4. The number of thiophene rings is 1. The summed E-state index contributed by atoms with van der Waals surface area (Å²) in [6.07, 6.45) is -4.03. The van der Waals surface area contributed by atoms with Crippen molar-refractivity contribution in [2.24, 2.45) is 0 Å². The van der Waals surface area contributed by atoms with E-state index in [1.165, 1.54) is 0 Å². The van der Waals surface area contributed by atoms with Crippen LogP contribution in [0.2, 0.25) is 0 Å². The number of alkyl halides is 2. The van der Waals surface area contributed by atoms with E-state index in [4.69, 9.17) is 0 Å². The molecule has 0 fully saturated rings. The first kappa shape index (κ1) is 10.9. The Morgan fingerprint density at radius 1 is 1.43 bits per heavy atom. The summed E-state index contributed by atoms with van der Waals surface area (Å²) in [4.78, 5) is 21.5. The van der Waals surface area contributed by atoms with Crippen LogP contribution < -0.4 is 0 Å². The average Bonchev–Trinajstić information content (AvgIpc) is 2.51. The standard InChI is InChI=1S/C8H5F3O2S/c9-4-1-7(14-3-4)5(12)2-6(13)8(10)11/h1,3,8H,2H2. The normalized spacial score (nSPS) is 10.6. The number of Topliss-reactive ketones (excluding diaryl/α,β-unsaturated/α-hetero) is 2. The molecular formula is C8H5F3O2S. The highest BCUT2D eigenvalue weighted by Crippen LogP contribution is 2.16. The van der Waals surface area contributed by atoms with Gasteiger partial charge in [0.05, 0.1) is 11.3 Å². The highest BCUT2D eigenvalue weighted by Gasteiger charge is 2.20. The van der Waals surface area contributed by atoms with Crippen molar-refractivity contribution in [3.63, 3.8) is 0 Å². The lowest BCUT2D eigenvalue weighted by atomic mass is 10.2. The maximum atomic E-state index is 12.4. The van der Waals surface area contributed by atoms with Gasteiger partial charge in [-0.25, -0.2) is 13.2 Å². The molecule has 0 amide bonds. The van der Waals surface area contributed by atoms with Gasteiger partial charge in [0.15, 0.2) is 5.78 Å². The van der Waals surface area contributed by atoms with Gasteiger partial charge in [0.1, 0.15) is 5.82 Å². The smallest absolute Gasteiger partial charge is 0.293 e. The van der Waals surface area contributed by atoms with Gasteiger partial charge < -0.3 is 0 Å². The molecule has 0 aromatic carbocycles. The summed E-state index contributed by atoms with van der Waals surface area (Å²) in [5, 5.41) is 1.07. The number of carbonyl (C=O) groups is 2. The molecule has 1 rings (SSSR count). The third-order valence-corrected chi connectivity index (χ3v) is 2.36. The largest absolute Gasteiger partial charge is 0.296 e. The van der Waals surface area contributed by atoms with Crippen LogP contribution in [0.3, 0.4) is 0 Å². The second-order valence-electron chi connectivity index (χ2n) is 2.50. The average molecular weight is 222 g/mol. The van der Waals surface area contributed by atoms with Gasteiger partial charge in [0.25, 0.3) is 6.43 Å². The lowest BCUT2D eigenvalue weighted by Gasteiger charge is -1.95. The van der Waals surface area contributed by atoms with Gasteiger partial charge in [-0.05, 0) is 6.07 Å². The van der Waals surface area contributed by atoms with E-state index in [1.807, 2.05) is 0 Å². The monoisotopic (exact) mass is 222 g/mol. The van der Waals surface area contributed by atoms with Crippen molar-refractivity contribution < 1.29 is 22.8 Å². The predicted molar refractivity (Wildman–Crippen MR) is 44.2 cm³/mol. The van der Waals surface area contributed by atoms with Crippen molar-refractivity contribution in [2.75, 3.05) is 0 Å². The van der Waals surface area contributed by atoms with Crippen molar-refractivity contribution >= 4 is 22.9 Å². The quantitative estimate of drug-likeness (QED) is 0.578. The summed E-state index contributed by atoms with van der Waals surface area (Å²) in [7, 11) is 0. The van der Waals surface area contributed by atoms with Crippen LogP contribution in [0.15, 0.2) is 11.4 Å². The molecule has 0 aliphatic carbocycles. The number of hydrogen-bond donors (Lipinski definition) is 0. The number of carbonyl (C=O) groups excluding carboxylic acids is 2. The molecule has 1 aromatic rings. The molecule has 0 aliphatic rings. The van der Waals surface area contributed by atoms with E-state index in [9.17, 15) is 22.8 Å². The fraction of sp³-hybridized carbons (Fsp3) is 0.250. The molecule has 0 radical (unpaired) electrons. The first-order valence-corrected chi connectivity index (χ1v) is 4.46. The maximum Gasteiger partial charge on any atom is 0.296 e. The van der Waals surface area contributed by atoms with Gasteiger partial charge in [-0.3, -0.25) is 9.59 Å². The molecule has 0 spiro atoms. The molecule has 0 unspecified atom stereocenters. The summed E-state index contributed by atoms with van der Waals surface area (Å²) >= 11 is 0.790. The molecule has 76 valence electrons. The fourth-order valence-corrected chi connectivity index (χ4v) is 1.47. The Morgan fingerprint density at radius 3 is 2.50 bits per heavy atom. The van der Waals surface area contributed by atoms with Crippen molar-refractivity contribution in [1.82, 2.24) is 0 Å². The lowest BCUT2D eigenvalue weighted by molar-refractivity contribution is -0.128. The summed E-state index contributed by atoms with van der Waals surface area (Å²) in [6.45, 7) is 0. The van der Waals surface area contributed by atoms with Gasteiger partial charge in [-0.2, -0.15) is 0 Å². The highest BCUT2D eigenvalue weighted by atomic mass is 32.1. The zero-order valence-electron chi connectivity index (χ0n) is 6.80. The first-order chi connectivity index (χ1) is 6.50. The van der Waals surface area contributed by atoms with Crippen LogP contribution in [0.4, 0.5) is 13.2 Å². The Labute approximate surface area is 81.4 Å². The highest BCUT2D eigenvalue weighted by molar-refractivity contribution is 7.12. The zero-order valence-corrected chi connectivity index (χ0v) is 7.61. The van der Waals surface area contributed by atoms with Crippen LogP contribution in [0, 0.1) is 5.82 Å². The maximum absolute atomic E-state index is 12.4. The predicted octanol–water partition coefficient (Wildman–Crippen LogP) is 2.29. The molecule has 2 nitrogen and oxygen atoms in total. The van der Waals surface area contributed by atoms with E-state index in [-0.39, 0.29) is 4.88 Å². The van der Waals surface area contributed by atoms with E-state index in [1.54, 1.807) is 0 Å². The van der Waals surface area contributed by atoms with Crippen molar-refractivity contribution in [1.29, 1.82) is 0 Å². The Bertz CT molecular complexity index is 359. The second-order valence-corrected chi connectivity index (χ2v) is 3.41. The third-order valence-electron chi connectivity index (χ3n) is 1.42. The molecule has 1 heterocycles. The second kappa shape index (κ2) is 4.36. The zero-order chi connectivity index (χ0) is 10.7. The van der Waals surface area contributed by atoms with Crippen LogP contribution in [-0.2, 0) is 4.79 Å². The summed E-state index contributed by atoms with van der Waals surface area (Å²) in [5.74, 6) is -2.82. The number of halogens is 3. The molecule has 6 heteroatoms. The molecule has 0 saturated carbocycles. The van der Waals surface area contributed by atoms with E-state index >= 15 is 0 Å². The molecular weight excluding hydrogens is 217 g/mol. The Hall–Kier alpha value is -1.17. The van der Waals surface area contributed by atoms with Crippen molar-refractivity contribution in [3.05, 3.63) is 22.1 Å². The summed E-state index contributed by atoms with van der Waals surface area (Å²) in [6, 6.07) is 0.922. The minimum atomic E-state index is -3.15. The van der Waals surface area contributed by atoms with Gasteiger partial charge in [0, 0.05) is 5.38 Å². The Morgan fingerprint density at radius 2 is 2.07 bits per heavy atom. The van der Waals surface area contributed by atoms with Crippen LogP contribution in [0.5, 0.6) is 0 Å². The Balaban J connectivity index is 2.64. The van der Waals surface area contributed by atoms with E-state index in [2.05, 4.69) is 0 Å². The van der Waals surface area contributed by atoms with Crippen LogP contribution >= 0.6 is 11.3 Å². The van der Waals surface area contributed by atoms with E-state index < -0.39 is 30.2 Å². The van der Waals surface area contributed by atoms with Gasteiger partial charge in [-0.15, -0.1) is 11.3 Å². The van der Waals surface area contributed by atoms with Crippen molar-refractivity contribution in [3.8, 4) is 0 Å². The van der Waals surface area contributed by atoms with Crippen molar-refractivity contribution in [2.45, 2.75) is 12.8 Å². The van der Waals surface area contributed by atoms with Gasteiger partial charge in [0.2, 0.25) is 5.78 Å². The number of ketones is 2. The SMILES string of the molecule is O=C(CC(=O)C(F)F)c1cc(F)cs1. The summed E-state index contributed by atoms with van der Waals surface area (Å²) in [5.41, 5.74) is 0. The molecule has 14 heavy (non-hydrogen) atoms. The van der Waals surface area contributed by atoms with Crippen LogP contribution in [-0.4, -0.2) is 18.0 Å². The summed E-state index contributed by atoms with van der Waals surface area (Å²) < 4.78 is 35.9. The van der Waals surface area contributed by atoms with E-state index in [0.29, 0.717) is 0 Å². The molecule has 0 saturated heterocycles. The minimum Gasteiger partial charge on any atom is -0.293 e. The molecule has 0 atom stereocenters. The molecule has 0 bridgehead atoms. The minimum absolute atomic E-state index is 0.0171. The van der Waals surface area contributed by atoms with Gasteiger partial charge in [-0.1, -0.05) is 0 Å². The molecule has 1 aromatic heterocycles. The van der Waals surface area contributed by atoms with Crippen LogP contribution in [0.25, 0.3) is 0 Å². The lowest BCUT2D eigenvalue weighted by Crippen LogP contribution is -2.14. The third kappa shape index (κ3) is 2.66. The van der Waals surface area contributed by atoms with E-state index in [0.717, 1.165) is 22.8 Å². The first-order valence-electron chi connectivity index (χ1n) is 3.59. The van der Waals surface area contributed by atoms with Gasteiger partial charge >= 0.3 is 0 Å². The fourth-order valence-electron chi connectivity index (χ4n) is 0.782. The van der Waals surface area contributed by atoms with Crippen LogP contribution in [0.1, 0.15) is 16.1 Å². The topological polar surface area (TPSA) is 34.1 Å². The Kier molecular flexibility index (Phi) is 3.40.